The first-order valence-electron chi connectivity index (χ1n) is 8.18. The van der Waals surface area contributed by atoms with Crippen LogP contribution in [-0.4, -0.2) is 42.4 Å². The van der Waals surface area contributed by atoms with Crippen LogP contribution in [0.2, 0.25) is 0 Å². The van der Waals surface area contributed by atoms with Gasteiger partial charge in [0, 0.05) is 6.54 Å². The quantitative estimate of drug-likeness (QED) is 0.873. The SMILES string of the molecule is CC1CCN(CC(O)COc2ccccc2C(C)C)CC1. The molecule has 0 aliphatic carbocycles. The molecule has 1 aliphatic heterocycles. The summed E-state index contributed by atoms with van der Waals surface area (Å²) >= 11 is 0. The summed E-state index contributed by atoms with van der Waals surface area (Å²) in [4.78, 5) is 2.35. The third-order valence-electron chi connectivity index (χ3n) is 4.32. The molecule has 21 heavy (non-hydrogen) atoms. The summed E-state index contributed by atoms with van der Waals surface area (Å²) in [5.41, 5.74) is 1.21. The van der Waals surface area contributed by atoms with Crippen molar-refractivity contribution in [1.82, 2.24) is 4.90 Å². The first-order chi connectivity index (χ1) is 10.1. The van der Waals surface area contributed by atoms with Crippen LogP contribution in [0.1, 0.15) is 45.1 Å². The fraction of sp³-hybridized carbons (Fsp3) is 0.667. The second-order valence-corrected chi connectivity index (χ2v) is 6.64. The first-order valence-corrected chi connectivity index (χ1v) is 8.18. The van der Waals surface area contributed by atoms with E-state index in [0.29, 0.717) is 12.5 Å². The maximum atomic E-state index is 10.2. The molecule has 1 saturated heterocycles. The van der Waals surface area contributed by atoms with Crippen molar-refractivity contribution in [3.63, 3.8) is 0 Å². The van der Waals surface area contributed by atoms with Crippen molar-refractivity contribution < 1.29 is 9.84 Å². The molecule has 0 amide bonds. The predicted molar refractivity (Wildman–Crippen MR) is 86.9 cm³/mol. The van der Waals surface area contributed by atoms with Gasteiger partial charge in [-0.15, -0.1) is 0 Å². The van der Waals surface area contributed by atoms with Crippen LogP contribution in [0, 0.1) is 5.92 Å². The van der Waals surface area contributed by atoms with Crippen molar-refractivity contribution in [1.29, 1.82) is 0 Å². The van der Waals surface area contributed by atoms with Crippen LogP contribution in [0.5, 0.6) is 5.75 Å². The molecular formula is C18H29NO2. The number of hydrogen-bond acceptors (Lipinski definition) is 3. The topological polar surface area (TPSA) is 32.7 Å². The van der Waals surface area contributed by atoms with E-state index < -0.39 is 6.10 Å². The molecule has 1 fully saturated rings. The van der Waals surface area contributed by atoms with Crippen LogP contribution < -0.4 is 4.74 Å². The van der Waals surface area contributed by atoms with Gasteiger partial charge < -0.3 is 14.7 Å². The lowest BCUT2D eigenvalue weighted by Crippen LogP contribution is -2.40. The minimum atomic E-state index is -0.418. The van der Waals surface area contributed by atoms with Gasteiger partial charge in [0.25, 0.3) is 0 Å². The molecule has 0 bridgehead atoms. The van der Waals surface area contributed by atoms with Crippen molar-refractivity contribution in [2.24, 2.45) is 5.92 Å². The number of likely N-dealkylation sites (tertiary alicyclic amines) is 1. The van der Waals surface area contributed by atoms with Gasteiger partial charge in [-0.05, 0) is 49.4 Å². The standard InChI is InChI=1S/C18H29NO2/c1-14(2)17-6-4-5-7-18(17)21-13-16(20)12-19-10-8-15(3)9-11-19/h4-7,14-16,20H,8-13H2,1-3H3. The minimum Gasteiger partial charge on any atom is -0.491 e. The first kappa shape index (κ1) is 16.3. The molecular weight excluding hydrogens is 262 g/mol. The normalized spacial score (nSPS) is 18.9. The lowest BCUT2D eigenvalue weighted by atomic mass is 9.99. The Labute approximate surface area is 128 Å². The van der Waals surface area contributed by atoms with Crippen LogP contribution in [-0.2, 0) is 0 Å². The van der Waals surface area contributed by atoms with Crippen molar-refractivity contribution >= 4 is 0 Å². The molecule has 1 aromatic carbocycles. The highest BCUT2D eigenvalue weighted by atomic mass is 16.5. The molecule has 2 rings (SSSR count). The number of para-hydroxylation sites is 1. The van der Waals surface area contributed by atoms with E-state index in [1.165, 1.54) is 18.4 Å². The molecule has 0 aromatic heterocycles. The third-order valence-corrected chi connectivity index (χ3v) is 4.32. The number of β-amino-alcohol motifs (C(OH)–C–C–N with tert-alkyl or cyclic N) is 1. The number of nitrogens with zero attached hydrogens (tertiary/aromatic N) is 1. The largest absolute Gasteiger partial charge is 0.491 e. The number of ether oxygens (including phenoxy) is 1. The number of rotatable bonds is 6. The number of benzene rings is 1. The van der Waals surface area contributed by atoms with Gasteiger partial charge in [0.15, 0.2) is 0 Å². The van der Waals surface area contributed by atoms with E-state index in [4.69, 9.17) is 4.74 Å². The molecule has 3 heteroatoms. The van der Waals surface area contributed by atoms with E-state index in [9.17, 15) is 5.11 Å². The third kappa shape index (κ3) is 5.01. The zero-order chi connectivity index (χ0) is 15.2. The van der Waals surface area contributed by atoms with Gasteiger partial charge in [-0.1, -0.05) is 39.0 Å². The van der Waals surface area contributed by atoms with Crippen LogP contribution in [0.15, 0.2) is 24.3 Å². The van der Waals surface area contributed by atoms with Gasteiger partial charge in [-0.2, -0.15) is 0 Å². The lowest BCUT2D eigenvalue weighted by Gasteiger charge is -2.31. The zero-order valence-electron chi connectivity index (χ0n) is 13.6. The van der Waals surface area contributed by atoms with Gasteiger partial charge >= 0.3 is 0 Å². The summed E-state index contributed by atoms with van der Waals surface area (Å²) in [7, 11) is 0. The summed E-state index contributed by atoms with van der Waals surface area (Å²) in [5.74, 6) is 2.16. The number of hydrogen-bond donors (Lipinski definition) is 1. The van der Waals surface area contributed by atoms with Gasteiger partial charge in [0.2, 0.25) is 0 Å². The number of aliphatic hydroxyl groups excluding tert-OH is 1. The average Bonchev–Trinajstić information content (AvgIpc) is 2.48. The lowest BCUT2D eigenvalue weighted by molar-refractivity contribution is 0.0559. The van der Waals surface area contributed by atoms with Crippen molar-refractivity contribution in [3.05, 3.63) is 29.8 Å². The summed E-state index contributed by atoms with van der Waals surface area (Å²) in [6, 6.07) is 8.11. The van der Waals surface area contributed by atoms with Crippen LogP contribution >= 0.6 is 0 Å². The molecule has 1 atom stereocenters. The van der Waals surface area contributed by atoms with E-state index in [2.05, 4.69) is 31.7 Å². The Morgan fingerprint density at radius 1 is 1.24 bits per heavy atom. The Kier molecular flexibility index (Phi) is 6.07. The summed E-state index contributed by atoms with van der Waals surface area (Å²) < 4.78 is 5.85. The van der Waals surface area contributed by atoms with Crippen molar-refractivity contribution in [3.8, 4) is 5.75 Å². The van der Waals surface area contributed by atoms with Gasteiger partial charge in [-0.3, -0.25) is 0 Å². The molecule has 0 saturated carbocycles. The average molecular weight is 291 g/mol. The zero-order valence-corrected chi connectivity index (χ0v) is 13.6. The Bertz CT molecular complexity index is 425. The van der Waals surface area contributed by atoms with Gasteiger partial charge in [0.1, 0.15) is 18.5 Å². The fourth-order valence-electron chi connectivity index (χ4n) is 2.87. The summed E-state index contributed by atoms with van der Waals surface area (Å²) in [6.07, 6.45) is 2.06. The highest BCUT2D eigenvalue weighted by Gasteiger charge is 2.19. The molecule has 1 aliphatic rings. The van der Waals surface area contributed by atoms with Gasteiger partial charge in [0.05, 0.1) is 0 Å². The van der Waals surface area contributed by atoms with Crippen LogP contribution in [0.25, 0.3) is 0 Å². The number of aliphatic hydroxyl groups is 1. The monoisotopic (exact) mass is 291 g/mol. The highest BCUT2D eigenvalue weighted by Crippen LogP contribution is 2.26. The van der Waals surface area contributed by atoms with E-state index in [1.54, 1.807) is 0 Å². The molecule has 1 heterocycles. The molecule has 1 unspecified atom stereocenters. The van der Waals surface area contributed by atoms with Crippen molar-refractivity contribution in [2.45, 2.75) is 45.6 Å². The fourth-order valence-corrected chi connectivity index (χ4v) is 2.87. The summed E-state index contributed by atoms with van der Waals surface area (Å²) in [6.45, 7) is 9.91. The molecule has 1 N–H and O–H groups in total. The predicted octanol–water partition coefficient (Wildman–Crippen LogP) is 3.28. The van der Waals surface area contributed by atoms with Crippen LogP contribution in [0.4, 0.5) is 0 Å². The Hall–Kier alpha value is -1.06. The second kappa shape index (κ2) is 7.81. The highest BCUT2D eigenvalue weighted by molar-refractivity contribution is 5.35. The number of piperidine rings is 1. The molecule has 3 nitrogen and oxygen atoms in total. The molecule has 118 valence electrons. The minimum absolute atomic E-state index is 0.371. The second-order valence-electron chi connectivity index (χ2n) is 6.64. The maximum Gasteiger partial charge on any atom is 0.122 e. The Balaban J connectivity index is 1.80. The molecule has 0 spiro atoms. The smallest absolute Gasteiger partial charge is 0.122 e. The Morgan fingerprint density at radius 3 is 2.57 bits per heavy atom. The summed E-state index contributed by atoms with van der Waals surface area (Å²) in [5, 5.41) is 10.2. The van der Waals surface area contributed by atoms with Gasteiger partial charge in [-0.25, -0.2) is 0 Å². The van der Waals surface area contributed by atoms with E-state index in [-0.39, 0.29) is 0 Å². The molecule has 0 radical (unpaired) electrons. The molecule has 1 aromatic rings. The van der Waals surface area contributed by atoms with E-state index >= 15 is 0 Å². The van der Waals surface area contributed by atoms with Crippen LogP contribution in [0.3, 0.4) is 0 Å². The maximum absolute atomic E-state index is 10.2. The van der Waals surface area contributed by atoms with E-state index in [1.807, 2.05) is 18.2 Å². The Morgan fingerprint density at radius 2 is 1.90 bits per heavy atom. The van der Waals surface area contributed by atoms with E-state index in [0.717, 1.165) is 31.3 Å². The van der Waals surface area contributed by atoms with Crippen molar-refractivity contribution in [2.75, 3.05) is 26.2 Å².